The fourth-order valence-corrected chi connectivity index (χ4v) is 7.19. The minimum absolute atomic E-state index is 0. The summed E-state index contributed by atoms with van der Waals surface area (Å²) >= 11 is 0. The van der Waals surface area contributed by atoms with E-state index in [1.807, 2.05) is 61.7 Å². The van der Waals surface area contributed by atoms with Crippen molar-refractivity contribution in [1.29, 1.82) is 0 Å². The van der Waals surface area contributed by atoms with E-state index in [9.17, 15) is 0 Å². The van der Waals surface area contributed by atoms with E-state index < -0.39 is 72.2 Å². The number of benzene rings is 6. The largest absolute Gasteiger partial charge is 0.508 e. The molecule has 59 heavy (non-hydrogen) atoms. The molecule has 0 unspecified atom stereocenters. The number of nitrogens with zero attached hydrogens (tertiary/aromatic N) is 5. The first-order valence-electron chi connectivity index (χ1n) is 24.5. The van der Waals surface area contributed by atoms with Crippen LogP contribution in [0, 0.1) is 23.9 Å². The second-order valence-electron chi connectivity index (χ2n) is 14.5. The number of fused-ring (bicyclic) bond motifs is 4. The normalized spacial score (nSPS) is 14.7. The molecule has 4 aromatic heterocycles. The Morgan fingerprint density at radius 1 is 0.729 bits per heavy atom. The summed E-state index contributed by atoms with van der Waals surface area (Å²) in [6, 6.07) is 29.5. The van der Waals surface area contributed by atoms with Gasteiger partial charge in [-0.05, 0) is 86.1 Å². The van der Waals surface area contributed by atoms with E-state index in [0.717, 1.165) is 10.9 Å². The Bertz CT molecular complexity index is 3670. The number of ether oxygens (including phenoxy) is 1. The van der Waals surface area contributed by atoms with Gasteiger partial charge in [-0.25, -0.2) is 4.98 Å². The van der Waals surface area contributed by atoms with Gasteiger partial charge in [-0.15, -0.1) is 18.2 Å². The van der Waals surface area contributed by atoms with Gasteiger partial charge in [0.05, 0.1) is 30.4 Å². The molecular weight excluding hydrogens is 906 g/mol. The zero-order valence-corrected chi connectivity index (χ0v) is 34.1. The minimum atomic E-state index is -1.68. The minimum Gasteiger partial charge on any atom is -0.508 e. The monoisotopic (exact) mass is 956 g/mol. The first-order valence-corrected chi connectivity index (χ1v) is 18.5. The third kappa shape index (κ3) is 7.26. The Balaban J connectivity index is 0.00000624. The number of aromatic nitrogens is 5. The van der Waals surface area contributed by atoms with Gasteiger partial charge in [0.15, 0.2) is 0 Å². The van der Waals surface area contributed by atoms with Gasteiger partial charge in [0, 0.05) is 47.0 Å². The Morgan fingerprint density at radius 3 is 2.14 bits per heavy atom. The van der Waals surface area contributed by atoms with Gasteiger partial charge in [0.25, 0.3) is 6.33 Å². The first kappa shape index (κ1) is 26.4. The number of hydrogen-bond acceptors (Lipinski definition) is 3. The zero-order valence-electron chi connectivity index (χ0n) is 43.9. The van der Waals surface area contributed by atoms with Crippen LogP contribution in [-0.2, 0) is 27.4 Å². The van der Waals surface area contributed by atoms with Crippen LogP contribution >= 0.6 is 0 Å². The fraction of sp³-hybridized carbons (Fsp3) is 0.0962. The maximum absolute atomic E-state index is 8.99. The second kappa shape index (κ2) is 15.6. The molecule has 0 aliphatic rings. The van der Waals surface area contributed by atoms with Gasteiger partial charge < -0.3 is 18.9 Å². The molecular formula is C52H39N5OPt-2. The van der Waals surface area contributed by atoms with Crippen LogP contribution in [0.4, 0.5) is 0 Å². The molecule has 0 fully saturated rings. The summed E-state index contributed by atoms with van der Waals surface area (Å²) in [7, 11) is 0. The standard InChI is InChI=1S/C52H39N5O.Pt/c1-52(2,3)33-36-28-29-53-49(30-36)57-45-25-11-10-22-44(45)50-48(57)32-41(34-54-50)58-40-21-14-20-39(31-40)55-35-56(47-27-13-12-26-46(47)55)51-42(37-16-6-4-7-17-37)23-15-24-43(51)38-18-8-5-9-19-38;/h4-30,34H,33H2,1-3H3;/q-2;/i4D,5D,6D,7D,8D,9D,16D,17D,18D,19D,33D2;. The van der Waals surface area contributed by atoms with Crippen molar-refractivity contribution in [2.24, 2.45) is 5.41 Å². The molecule has 10 aromatic rings. The second-order valence-corrected chi connectivity index (χ2v) is 14.5. The number of pyridine rings is 2. The zero-order chi connectivity index (χ0) is 49.7. The molecule has 0 N–H and O–H groups in total. The van der Waals surface area contributed by atoms with Crippen molar-refractivity contribution in [2.75, 3.05) is 0 Å². The maximum atomic E-state index is 8.99. The topological polar surface area (TPSA) is 48.8 Å². The van der Waals surface area contributed by atoms with Gasteiger partial charge in [0.1, 0.15) is 5.82 Å². The van der Waals surface area contributed by atoms with Gasteiger partial charge in [-0.3, -0.25) is 4.57 Å². The molecule has 7 heteroatoms. The quantitative estimate of drug-likeness (QED) is 0.113. The maximum Gasteiger partial charge on any atom is 0.268 e. The summed E-state index contributed by atoms with van der Waals surface area (Å²) in [6.07, 6.45) is 4.84. The Labute approximate surface area is 375 Å². The van der Waals surface area contributed by atoms with Crippen molar-refractivity contribution in [3.05, 3.63) is 194 Å². The van der Waals surface area contributed by atoms with Crippen molar-refractivity contribution in [2.45, 2.75) is 27.1 Å². The summed E-state index contributed by atoms with van der Waals surface area (Å²) in [5.74, 6) is 0.998. The van der Waals surface area contributed by atoms with Crippen LogP contribution < -0.4 is 9.30 Å². The molecule has 6 nitrogen and oxygen atoms in total. The third-order valence-electron chi connectivity index (χ3n) is 9.47. The molecule has 0 spiro atoms. The number of rotatable bonds is 8. The average molecular weight is 957 g/mol. The fourth-order valence-electron chi connectivity index (χ4n) is 7.19. The van der Waals surface area contributed by atoms with Gasteiger partial charge in [-0.2, -0.15) is 12.1 Å². The van der Waals surface area contributed by atoms with Crippen LogP contribution in [0.3, 0.4) is 0 Å². The molecule has 0 aliphatic carbocycles. The van der Waals surface area contributed by atoms with E-state index in [0.29, 0.717) is 39.1 Å². The molecule has 4 heterocycles. The first-order chi connectivity index (χ1) is 33.3. The SMILES string of the molecule is [2H]c1c([2H])c([2H])c(-c2cccc(-c3c([2H])c([2H])c([2H])c([2H])c3[2H])c2-[n+]2[c-]n(-c3[c-]c(Oc4[c-]c5c(nc4)c4ccccc4n5-c4cc(C([2H])([2H])C(C)(C)C)ccn4)ccc3)c3ccccc32)c([2H])c1[2H].[Pt]. The third-order valence-corrected chi connectivity index (χ3v) is 9.47. The van der Waals surface area contributed by atoms with E-state index in [1.54, 1.807) is 82.2 Å². The number of hydrogen-bond donors (Lipinski definition) is 0. The molecule has 0 amide bonds. The van der Waals surface area contributed by atoms with Crippen LogP contribution in [0.5, 0.6) is 11.5 Å². The summed E-state index contributed by atoms with van der Waals surface area (Å²) in [6.45, 7) is 5.56. The van der Waals surface area contributed by atoms with Crippen molar-refractivity contribution < 1.29 is 46.8 Å². The average Bonchev–Trinajstić information content (AvgIpc) is 3.90. The van der Waals surface area contributed by atoms with Crippen molar-refractivity contribution in [1.82, 2.24) is 19.1 Å². The molecule has 0 aliphatic heterocycles. The number of imidazole rings is 1. The van der Waals surface area contributed by atoms with Crippen LogP contribution in [0.1, 0.15) is 42.8 Å². The van der Waals surface area contributed by atoms with E-state index in [-0.39, 0.29) is 60.5 Å². The Kier molecular flexibility index (Phi) is 6.99. The van der Waals surface area contributed by atoms with E-state index in [4.69, 9.17) is 26.2 Å². The van der Waals surface area contributed by atoms with Gasteiger partial charge >= 0.3 is 0 Å². The molecule has 0 saturated carbocycles. The van der Waals surface area contributed by atoms with E-state index in [1.165, 1.54) is 0 Å². The molecule has 6 aromatic carbocycles. The Morgan fingerprint density at radius 2 is 1.41 bits per heavy atom. The van der Waals surface area contributed by atoms with E-state index in [2.05, 4.69) is 23.4 Å². The van der Waals surface area contributed by atoms with Crippen molar-refractivity contribution in [3.8, 4) is 50.9 Å². The summed E-state index contributed by atoms with van der Waals surface area (Å²) in [5.41, 5.74) is 3.32. The predicted octanol–water partition coefficient (Wildman–Crippen LogP) is 11.9. The summed E-state index contributed by atoms with van der Waals surface area (Å²) < 4.78 is 116. The van der Waals surface area contributed by atoms with Crippen LogP contribution in [0.15, 0.2) is 170 Å². The molecule has 0 radical (unpaired) electrons. The summed E-state index contributed by atoms with van der Waals surface area (Å²) in [5, 5.41) is 0.839. The number of para-hydroxylation sites is 4. The Hall–Kier alpha value is -6.62. The summed E-state index contributed by atoms with van der Waals surface area (Å²) in [4.78, 5) is 9.49. The molecule has 290 valence electrons. The molecule has 0 bridgehead atoms. The van der Waals surface area contributed by atoms with E-state index >= 15 is 0 Å². The van der Waals surface area contributed by atoms with Crippen molar-refractivity contribution >= 4 is 33.0 Å². The van der Waals surface area contributed by atoms with Gasteiger partial charge in [0.2, 0.25) is 0 Å². The predicted molar refractivity (Wildman–Crippen MR) is 232 cm³/mol. The smallest absolute Gasteiger partial charge is 0.268 e. The van der Waals surface area contributed by atoms with Crippen molar-refractivity contribution in [3.63, 3.8) is 0 Å². The van der Waals surface area contributed by atoms with Gasteiger partial charge in [-0.1, -0.05) is 142 Å². The molecule has 0 saturated heterocycles. The van der Waals surface area contributed by atoms with Crippen LogP contribution in [0.2, 0.25) is 0 Å². The van der Waals surface area contributed by atoms with Crippen LogP contribution in [-0.4, -0.2) is 19.1 Å². The molecule has 10 rings (SSSR count). The van der Waals surface area contributed by atoms with Crippen LogP contribution in [0.25, 0.3) is 72.4 Å². The molecule has 0 atom stereocenters.